The van der Waals surface area contributed by atoms with Gasteiger partial charge in [-0.2, -0.15) is 4.31 Å². The fourth-order valence-corrected chi connectivity index (χ4v) is 4.78. The lowest BCUT2D eigenvalue weighted by atomic mass is 10.1. The standard InChI is InChI=1S/C18H18FNO4S2/c19-16-3-1-2-4-18(16)25-13-17(21)14-5-7-15(8-6-14)26(22,23)20-9-11-24-12-10-20/h1-8H,9-13H2. The number of carbonyl (C=O) groups is 1. The Hall–Kier alpha value is -1.74. The molecular formula is C18H18FNO4S2. The predicted octanol–water partition coefficient (Wildman–Crippen LogP) is 2.82. The fourth-order valence-electron chi connectivity index (χ4n) is 2.54. The molecule has 0 saturated carbocycles. The number of thioether (sulfide) groups is 1. The first-order valence-corrected chi connectivity index (χ1v) is 10.5. The van der Waals surface area contributed by atoms with Crippen LogP contribution in [0.15, 0.2) is 58.3 Å². The summed E-state index contributed by atoms with van der Waals surface area (Å²) in [5.41, 5.74) is 0.398. The van der Waals surface area contributed by atoms with Crippen molar-refractivity contribution >= 4 is 27.6 Å². The molecule has 5 nitrogen and oxygen atoms in total. The number of ether oxygens (including phenoxy) is 1. The highest BCUT2D eigenvalue weighted by atomic mass is 32.2. The molecule has 0 aromatic heterocycles. The second-order valence-electron chi connectivity index (χ2n) is 5.68. The lowest BCUT2D eigenvalue weighted by molar-refractivity contribution is 0.0730. The summed E-state index contributed by atoms with van der Waals surface area (Å²) in [5.74, 6) is -0.470. The van der Waals surface area contributed by atoms with Crippen LogP contribution in [0.2, 0.25) is 0 Å². The SMILES string of the molecule is O=C(CSc1ccccc1F)c1ccc(S(=O)(=O)N2CCOCC2)cc1. The van der Waals surface area contributed by atoms with Gasteiger partial charge in [-0.15, -0.1) is 11.8 Å². The number of ketones is 1. The molecule has 0 N–H and O–H groups in total. The third-order valence-corrected chi connectivity index (χ3v) is 6.94. The monoisotopic (exact) mass is 395 g/mol. The molecule has 0 atom stereocenters. The molecule has 0 amide bonds. The topological polar surface area (TPSA) is 63.7 Å². The van der Waals surface area contributed by atoms with Crippen LogP contribution < -0.4 is 0 Å². The zero-order valence-corrected chi connectivity index (χ0v) is 15.6. The van der Waals surface area contributed by atoms with Crippen LogP contribution in [0.1, 0.15) is 10.4 Å². The number of sulfonamides is 1. The molecule has 0 radical (unpaired) electrons. The predicted molar refractivity (Wildman–Crippen MR) is 97.5 cm³/mol. The van der Waals surface area contributed by atoms with Crippen LogP contribution in [0.4, 0.5) is 4.39 Å². The van der Waals surface area contributed by atoms with Crippen molar-refractivity contribution < 1.29 is 22.3 Å². The van der Waals surface area contributed by atoms with Crippen molar-refractivity contribution in [1.82, 2.24) is 4.31 Å². The first kappa shape index (κ1) is 19.0. The molecule has 1 heterocycles. The fraction of sp³-hybridized carbons (Fsp3) is 0.278. The second-order valence-corrected chi connectivity index (χ2v) is 8.64. The Balaban J connectivity index is 1.67. The molecule has 1 aliphatic heterocycles. The molecule has 0 aliphatic carbocycles. The quantitative estimate of drug-likeness (QED) is 0.556. The summed E-state index contributed by atoms with van der Waals surface area (Å²) in [6.45, 7) is 1.40. The van der Waals surface area contributed by atoms with Gasteiger partial charge in [0, 0.05) is 23.5 Å². The Morgan fingerprint density at radius 3 is 2.38 bits per heavy atom. The highest BCUT2D eigenvalue weighted by molar-refractivity contribution is 8.00. The molecule has 138 valence electrons. The van der Waals surface area contributed by atoms with Gasteiger partial charge in [-0.05, 0) is 24.3 Å². The summed E-state index contributed by atoms with van der Waals surface area (Å²) < 4.78 is 45.3. The number of hydrogen-bond acceptors (Lipinski definition) is 5. The van der Waals surface area contributed by atoms with E-state index in [4.69, 9.17) is 4.74 Å². The van der Waals surface area contributed by atoms with Crippen molar-refractivity contribution in [3.05, 3.63) is 59.9 Å². The lowest BCUT2D eigenvalue weighted by Crippen LogP contribution is -2.40. The second kappa shape index (κ2) is 8.30. The van der Waals surface area contributed by atoms with E-state index in [9.17, 15) is 17.6 Å². The van der Waals surface area contributed by atoms with Gasteiger partial charge in [0.05, 0.1) is 23.9 Å². The van der Waals surface area contributed by atoms with E-state index in [-0.39, 0.29) is 22.2 Å². The van der Waals surface area contributed by atoms with Gasteiger partial charge in [0.1, 0.15) is 5.82 Å². The molecule has 1 aliphatic rings. The zero-order valence-electron chi connectivity index (χ0n) is 13.9. The zero-order chi connectivity index (χ0) is 18.6. The van der Waals surface area contributed by atoms with E-state index in [1.807, 2.05) is 0 Å². The van der Waals surface area contributed by atoms with E-state index in [1.54, 1.807) is 18.2 Å². The van der Waals surface area contributed by atoms with Crippen molar-refractivity contribution in [3.63, 3.8) is 0 Å². The highest BCUT2D eigenvalue weighted by Crippen LogP contribution is 2.23. The van der Waals surface area contributed by atoms with Gasteiger partial charge in [0.2, 0.25) is 10.0 Å². The van der Waals surface area contributed by atoms with Crippen LogP contribution >= 0.6 is 11.8 Å². The molecule has 0 spiro atoms. The Bertz CT molecular complexity index is 878. The number of benzene rings is 2. The van der Waals surface area contributed by atoms with Gasteiger partial charge in [0.15, 0.2) is 5.78 Å². The molecule has 0 bridgehead atoms. The number of Topliss-reactive ketones (excluding diaryl/α,β-unsaturated/α-hetero) is 1. The van der Waals surface area contributed by atoms with Crippen LogP contribution in [0, 0.1) is 5.82 Å². The summed E-state index contributed by atoms with van der Waals surface area (Å²) in [5, 5.41) is 0. The molecule has 1 fully saturated rings. The minimum Gasteiger partial charge on any atom is -0.379 e. The maximum Gasteiger partial charge on any atom is 0.243 e. The van der Waals surface area contributed by atoms with Gasteiger partial charge < -0.3 is 4.74 Å². The maximum absolute atomic E-state index is 13.6. The smallest absolute Gasteiger partial charge is 0.243 e. The number of carbonyl (C=O) groups excluding carboxylic acids is 1. The Morgan fingerprint density at radius 2 is 1.73 bits per heavy atom. The third kappa shape index (κ3) is 4.32. The molecule has 2 aromatic rings. The number of nitrogens with zero attached hydrogens (tertiary/aromatic N) is 1. The maximum atomic E-state index is 13.6. The average molecular weight is 395 g/mol. The number of halogens is 1. The van der Waals surface area contributed by atoms with E-state index in [0.29, 0.717) is 36.8 Å². The molecule has 0 unspecified atom stereocenters. The van der Waals surface area contributed by atoms with E-state index >= 15 is 0 Å². The average Bonchev–Trinajstić information content (AvgIpc) is 2.68. The normalized spacial score (nSPS) is 15.7. The van der Waals surface area contributed by atoms with Gasteiger partial charge in [-0.25, -0.2) is 12.8 Å². The van der Waals surface area contributed by atoms with Gasteiger partial charge in [-0.3, -0.25) is 4.79 Å². The molecule has 26 heavy (non-hydrogen) atoms. The van der Waals surface area contributed by atoms with E-state index < -0.39 is 10.0 Å². The summed E-state index contributed by atoms with van der Waals surface area (Å²) in [4.78, 5) is 12.8. The molecule has 2 aromatic carbocycles. The molecule has 3 rings (SSSR count). The minimum absolute atomic E-state index is 0.0799. The van der Waals surface area contributed by atoms with Crippen LogP contribution in [-0.4, -0.2) is 50.6 Å². The highest BCUT2D eigenvalue weighted by Gasteiger charge is 2.26. The van der Waals surface area contributed by atoms with E-state index in [1.165, 1.54) is 34.6 Å². The first-order valence-electron chi connectivity index (χ1n) is 8.07. The summed E-state index contributed by atoms with van der Waals surface area (Å²) in [6.07, 6.45) is 0. The van der Waals surface area contributed by atoms with Crippen LogP contribution in [0.5, 0.6) is 0 Å². The van der Waals surface area contributed by atoms with Crippen molar-refractivity contribution in [2.75, 3.05) is 32.1 Å². The van der Waals surface area contributed by atoms with Crippen molar-refractivity contribution in [2.45, 2.75) is 9.79 Å². The van der Waals surface area contributed by atoms with Crippen molar-refractivity contribution in [2.24, 2.45) is 0 Å². The summed E-state index contributed by atoms with van der Waals surface area (Å²) in [7, 11) is -3.58. The molecule has 1 saturated heterocycles. The number of hydrogen-bond donors (Lipinski definition) is 0. The number of rotatable bonds is 6. The van der Waals surface area contributed by atoms with Crippen LogP contribution in [0.25, 0.3) is 0 Å². The summed E-state index contributed by atoms with van der Waals surface area (Å²) in [6, 6.07) is 12.1. The summed E-state index contributed by atoms with van der Waals surface area (Å²) >= 11 is 1.12. The Morgan fingerprint density at radius 1 is 1.08 bits per heavy atom. The first-order chi connectivity index (χ1) is 12.5. The van der Waals surface area contributed by atoms with Gasteiger partial charge in [0.25, 0.3) is 0 Å². The van der Waals surface area contributed by atoms with Crippen LogP contribution in [-0.2, 0) is 14.8 Å². The Labute approximate surface area is 156 Å². The van der Waals surface area contributed by atoms with E-state index in [0.717, 1.165) is 11.8 Å². The lowest BCUT2D eigenvalue weighted by Gasteiger charge is -2.26. The van der Waals surface area contributed by atoms with Gasteiger partial charge >= 0.3 is 0 Å². The Kier molecular flexibility index (Phi) is 6.08. The van der Waals surface area contributed by atoms with Gasteiger partial charge in [-0.1, -0.05) is 24.3 Å². The third-order valence-electron chi connectivity index (χ3n) is 3.98. The number of morpholine rings is 1. The van der Waals surface area contributed by atoms with Crippen molar-refractivity contribution in [1.29, 1.82) is 0 Å². The van der Waals surface area contributed by atoms with Crippen LogP contribution in [0.3, 0.4) is 0 Å². The minimum atomic E-state index is -3.58. The van der Waals surface area contributed by atoms with Crippen molar-refractivity contribution in [3.8, 4) is 0 Å². The van der Waals surface area contributed by atoms with E-state index in [2.05, 4.69) is 0 Å². The molecular weight excluding hydrogens is 377 g/mol. The largest absolute Gasteiger partial charge is 0.379 e. The molecule has 8 heteroatoms.